The molecule has 0 aliphatic carbocycles. The summed E-state index contributed by atoms with van der Waals surface area (Å²) in [5.41, 5.74) is 1.08. The number of amides is 2. The van der Waals surface area contributed by atoms with Gasteiger partial charge >= 0.3 is 0 Å². The van der Waals surface area contributed by atoms with Crippen LogP contribution in [0.4, 0.5) is 5.69 Å². The molecule has 90 valence electrons. The van der Waals surface area contributed by atoms with Crippen LogP contribution in [0.3, 0.4) is 0 Å². The number of anilines is 1. The maximum Gasteiger partial charge on any atom is 0.254 e. The van der Waals surface area contributed by atoms with Crippen molar-refractivity contribution >= 4 is 56.0 Å². The second-order valence-corrected chi connectivity index (χ2v) is 5.81. The third kappa shape index (κ3) is 2.47. The molecule has 0 aromatic heterocycles. The van der Waals surface area contributed by atoms with Gasteiger partial charge in [-0.1, -0.05) is 22.9 Å². The highest BCUT2D eigenvalue weighted by Gasteiger charge is 2.27. The Bertz CT molecular complexity index is 504. The van der Waals surface area contributed by atoms with Gasteiger partial charge in [-0.2, -0.15) is 0 Å². The van der Waals surface area contributed by atoms with Crippen molar-refractivity contribution in [3.8, 4) is 0 Å². The minimum atomic E-state index is -0.468. The van der Waals surface area contributed by atoms with Gasteiger partial charge in [-0.25, -0.2) is 0 Å². The second kappa shape index (κ2) is 4.93. The molecule has 1 aromatic rings. The number of rotatable bonds is 1. The fourth-order valence-corrected chi connectivity index (χ4v) is 3.33. The lowest BCUT2D eigenvalue weighted by Crippen LogP contribution is -2.40. The molecule has 2 N–H and O–H groups in total. The van der Waals surface area contributed by atoms with E-state index in [1.807, 2.05) is 13.0 Å². The van der Waals surface area contributed by atoms with Crippen molar-refractivity contribution in [2.24, 2.45) is 0 Å². The van der Waals surface area contributed by atoms with Gasteiger partial charge in [0.2, 0.25) is 5.91 Å². The molecule has 0 saturated carbocycles. The Hall–Kier alpha value is -0.630. The number of halogens is 2. The molecule has 0 bridgehead atoms. The van der Waals surface area contributed by atoms with Gasteiger partial charge in [-0.15, -0.1) is 0 Å². The first-order valence-corrected chi connectivity index (χ1v) is 7.01. The molecule has 6 heteroatoms. The quantitative estimate of drug-likeness (QED) is 0.701. The molecule has 4 nitrogen and oxygen atoms in total. The number of carbonyl (C=O) groups excluding carboxylic acids is 2. The monoisotopic (exact) mass is 408 g/mol. The minimum absolute atomic E-state index is 0.167. The molecule has 2 rings (SSSR count). The summed E-state index contributed by atoms with van der Waals surface area (Å²) < 4.78 is 1.66. The van der Waals surface area contributed by atoms with Gasteiger partial charge in [0.05, 0.1) is 11.3 Å². The Labute approximate surface area is 121 Å². The van der Waals surface area contributed by atoms with E-state index in [1.165, 1.54) is 0 Å². The molecule has 1 aliphatic heterocycles. The van der Waals surface area contributed by atoms with Crippen molar-refractivity contribution in [3.05, 3.63) is 25.7 Å². The highest BCUT2D eigenvalue weighted by molar-refractivity contribution is 14.1. The number of benzene rings is 1. The summed E-state index contributed by atoms with van der Waals surface area (Å²) in [5, 5.41) is 5.51. The van der Waals surface area contributed by atoms with Gasteiger partial charge in [-0.05, 0) is 41.1 Å². The second-order valence-electron chi connectivity index (χ2n) is 3.73. The van der Waals surface area contributed by atoms with E-state index < -0.39 is 6.04 Å². The van der Waals surface area contributed by atoms with E-state index in [9.17, 15) is 9.59 Å². The maximum atomic E-state index is 12.0. The molecule has 17 heavy (non-hydrogen) atoms. The molecule has 0 spiro atoms. The summed E-state index contributed by atoms with van der Waals surface area (Å²) >= 11 is 5.44. The van der Waals surface area contributed by atoms with Crippen LogP contribution in [0.1, 0.15) is 23.7 Å². The Balaban J connectivity index is 2.53. The third-order valence-corrected chi connectivity index (χ3v) is 3.89. The molecule has 1 aliphatic rings. The summed E-state index contributed by atoms with van der Waals surface area (Å²) in [7, 11) is 0. The van der Waals surface area contributed by atoms with Crippen LogP contribution in [0.5, 0.6) is 0 Å². The van der Waals surface area contributed by atoms with Crippen LogP contribution < -0.4 is 10.6 Å². The summed E-state index contributed by atoms with van der Waals surface area (Å²) in [4.78, 5) is 23.8. The predicted molar refractivity (Wildman–Crippen MR) is 77.0 cm³/mol. The van der Waals surface area contributed by atoms with Crippen molar-refractivity contribution in [2.45, 2.75) is 19.4 Å². The van der Waals surface area contributed by atoms with Gasteiger partial charge < -0.3 is 10.6 Å². The minimum Gasteiger partial charge on any atom is -0.340 e. The molecule has 0 fully saturated rings. The fourth-order valence-electron chi connectivity index (χ4n) is 1.68. The molecule has 1 atom stereocenters. The topological polar surface area (TPSA) is 58.2 Å². The largest absolute Gasteiger partial charge is 0.340 e. The number of fused-ring (bicyclic) bond motifs is 1. The van der Waals surface area contributed by atoms with Crippen LogP contribution in [0, 0.1) is 3.57 Å². The van der Waals surface area contributed by atoms with Crippen LogP contribution in [0.2, 0.25) is 0 Å². The van der Waals surface area contributed by atoms with E-state index in [2.05, 4.69) is 49.2 Å². The highest BCUT2D eigenvalue weighted by atomic mass is 127. The zero-order valence-corrected chi connectivity index (χ0v) is 12.8. The van der Waals surface area contributed by atoms with Gasteiger partial charge in [0, 0.05) is 8.04 Å². The lowest BCUT2D eigenvalue weighted by Gasteiger charge is -2.11. The number of hydrogen-bond donors (Lipinski definition) is 2. The predicted octanol–water partition coefficient (Wildman–Crippen LogP) is 2.51. The van der Waals surface area contributed by atoms with Gasteiger partial charge in [0.1, 0.15) is 6.04 Å². The molecule has 1 aromatic carbocycles. The van der Waals surface area contributed by atoms with E-state index in [4.69, 9.17) is 0 Å². The van der Waals surface area contributed by atoms with E-state index in [0.717, 1.165) is 8.04 Å². The SMILES string of the molecule is CCC1NC(=O)c2cc(Br)cc(I)c2NC1=O. The Morgan fingerprint density at radius 3 is 2.76 bits per heavy atom. The van der Waals surface area contributed by atoms with Gasteiger partial charge in [0.15, 0.2) is 0 Å². The molecule has 0 saturated heterocycles. The van der Waals surface area contributed by atoms with Crippen LogP contribution in [0.25, 0.3) is 0 Å². The molecule has 1 heterocycles. The van der Waals surface area contributed by atoms with Crippen LogP contribution in [-0.2, 0) is 4.79 Å². The Kier molecular flexibility index (Phi) is 3.72. The van der Waals surface area contributed by atoms with E-state index in [1.54, 1.807) is 6.07 Å². The smallest absolute Gasteiger partial charge is 0.254 e. The molecule has 1 unspecified atom stereocenters. The lowest BCUT2D eigenvalue weighted by molar-refractivity contribution is -0.117. The van der Waals surface area contributed by atoms with Crippen LogP contribution >= 0.6 is 38.5 Å². The van der Waals surface area contributed by atoms with Crippen LogP contribution in [0.15, 0.2) is 16.6 Å². The van der Waals surface area contributed by atoms with Crippen molar-refractivity contribution in [1.29, 1.82) is 0 Å². The molecule has 0 radical (unpaired) electrons. The number of hydrogen-bond acceptors (Lipinski definition) is 2. The van der Waals surface area contributed by atoms with Crippen molar-refractivity contribution in [3.63, 3.8) is 0 Å². The number of carbonyl (C=O) groups is 2. The molecule has 2 amide bonds. The Morgan fingerprint density at radius 2 is 2.12 bits per heavy atom. The zero-order chi connectivity index (χ0) is 12.6. The number of nitrogens with one attached hydrogen (secondary N) is 2. The van der Waals surface area contributed by atoms with E-state index >= 15 is 0 Å². The highest BCUT2D eigenvalue weighted by Crippen LogP contribution is 2.29. The summed E-state index contributed by atoms with van der Waals surface area (Å²) in [5.74, 6) is -0.385. The van der Waals surface area contributed by atoms with Gasteiger partial charge in [0.25, 0.3) is 5.91 Å². The fraction of sp³-hybridized carbons (Fsp3) is 0.273. The summed E-state index contributed by atoms with van der Waals surface area (Å²) in [6.07, 6.45) is 0.573. The first-order valence-electron chi connectivity index (χ1n) is 5.13. The van der Waals surface area contributed by atoms with E-state index in [0.29, 0.717) is 17.7 Å². The van der Waals surface area contributed by atoms with Crippen molar-refractivity contribution < 1.29 is 9.59 Å². The third-order valence-electron chi connectivity index (χ3n) is 2.58. The average Bonchev–Trinajstić information content (AvgIpc) is 2.38. The molecular formula is C11H10BrIN2O2. The normalized spacial score (nSPS) is 19.1. The van der Waals surface area contributed by atoms with Crippen molar-refractivity contribution in [2.75, 3.05) is 5.32 Å². The maximum absolute atomic E-state index is 12.0. The molecular weight excluding hydrogens is 399 g/mol. The lowest BCUT2D eigenvalue weighted by atomic mass is 10.1. The first kappa shape index (κ1) is 12.8. The summed E-state index contributed by atoms with van der Waals surface area (Å²) in [6.45, 7) is 1.86. The standard InChI is InChI=1S/C11H10BrIN2O2/c1-2-8-11(17)15-9-6(10(16)14-8)3-5(12)4-7(9)13/h3-4,8H,2H2,1H3,(H,14,16)(H,15,17). The first-order chi connectivity index (χ1) is 8.02. The van der Waals surface area contributed by atoms with Crippen LogP contribution in [-0.4, -0.2) is 17.9 Å². The van der Waals surface area contributed by atoms with Gasteiger partial charge in [-0.3, -0.25) is 9.59 Å². The van der Waals surface area contributed by atoms with E-state index in [-0.39, 0.29) is 11.8 Å². The zero-order valence-electron chi connectivity index (χ0n) is 9.01. The van der Waals surface area contributed by atoms with Crippen molar-refractivity contribution in [1.82, 2.24) is 5.32 Å². The average molecular weight is 409 g/mol. The Morgan fingerprint density at radius 1 is 1.41 bits per heavy atom. The summed E-state index contributed by atoms with van der Waals surface area (Å²) in [6, 6.07) is 3.11.